The molecule has 0 saturated carbocycles. The fourth-order valence-corrected chi connectivity index (χ4v) is 5.62. The van der Waals surface area contributed by atoms with E-state index >= 15 is 0 Å². The predicted octanol–water partition coefficient (Wildman–Crippen LogP) is 7.09. The Bertz CT molecular complexity index is 1290. The summed E-state index contributed by atoms with van der Waals surface area (Å²) in [5.41, 5.74) is 5.39. The Hall–Kier alpha value is -3.37. The van der Waals surface area contributed by atoms with Crippen molar-refractivity contribution in [1.82, 2.24) is 9.88 Å². The molecule has 0 aliphatic carbocycles. The number of allylic oxidation sites excluding steroid dienone is 4. The topological polar surface area (TPSA) is 28.6 Å². The molecular formula is C32H37N3O. The summed E-state index contributed by atoms with van der Waals surface area (Å²) in [7, 11) is 2.19. The van der Waals surface area contributed by atoms with Crippen LogP contribution in [0, 0.1) is 0 Å². The monoisotopic (exact) mass is 479 g/mol. The molecule has 4 nitrogen and oxygen atoms in total. The molecule has 36 heavy (non-hydrogen) atoms. The van der Waals surface area contributed by atoms with Gasteiger partial charge < -0.3 is 14.5 Å². The van der Waals surface area contributed by atoms with E-state index in [0.717, 1.165) is 56.8 Å². The number of piperazine rings is 1. The molecule has 0 spiro atoms. The van der Waals surface area contributed by atoms with Gasteiger partial charge in [-0.25, -0.2) is 4.98 Å². The largest absolute Gasteiger partial charge is 0.486 e. The summed E-state index contributed by atoms with van der Waals surface area (Å²) < 4.78 is 6.67. The molecule has 1 saturated heterocycles. The highest BCUT2D eigenvalue weighted by molar-refractivity contribution is 5.92. The Morgan fingerprint density at radius 2 is 1.72 bits per heavy atom. The molecular weight excluding hydrogens is 442 g/mol. The van der Waals surface area contributed by atoms with Crippen LogP contribution in [-0.2, 0) is 10.3 Å². The Kier molecular flexibility index (Phi) is 7.24. The van der Waals surface area contributed by atoms with E-state index in [1.807, 2.05) is 18.4 Å². The second-order valence-electron chi connectivity index (χ2n) is 9.84. The highest BCUT2D eigenvalue weighted by Gasteiger charge is 2.38. The second-order valence-corrected chi connectivity index (χ2v) is 9.84. The predicted molar refractivity (Wildman–Crippen MR) is 151 cm³/mol. The second kappa shape index (κ2) is 10.7. The van der Waals surface area contributed by atoms with E-state index in [4.69, 9.17) is 9.72 Å². The van der Waals surface area contributed by atoms with Crippen molar-refractivity contribution in [3.63, 3.8) is 0 Å². The molecule has 1 aromatic heterocycles. The Morgan fingerprint density at radius 3 is 2.47 bits per heavy atom. The van der Waals surface area contributed by atoms with Crippen molar-refractivity contribution >= 4 is 16.7 Å². The molecule has 1 atom stereocenters. The average molecular weight is 480 g/mol. The number of ether oxygens (including phenoxy) is 1. The van der Waals surface area contributed by atoms with Crippen LogP contribution >= 0.6 is 0 Å². The SMILES string of the molecule is CCCC1(c2cccc3nc(N4CCN(C)CC4)c(-c4ccccc4)cc23)O\C=C/C=C\C=C\1CC. The van der Waals surface area contributed by atoms with Crippen molar-refractivity contribution in [3.05, 3.63) is 96.3 Å². The van der Waals surface area contributed by atoms with Gasteiger partial charge in [0.2, 0.25) is 0 Å². The zero-order chi connectivity index (χ0) is 25.0. The standard InChI is InChI=1S/C32H37N3O/c1-4-18-32(26(5-2)15-10-7-11-23-36-32)29-16-12-17-30-28(29)24-27(25-13-8-6-9-14-25)31(33-30)35-21-19-34(3)20-22-35/h6-17,23-24H,4-5,18-22H2,1-3H3/b10-7-,23-11-,26-15+. The number of pyridine rings is 1. The first-order valence-corrected chi connectivity index (χ1v) is 13.3. The number of benzene rings is 2. The summed E-state index contributed by atoms with van der Waals surface area (Å²) in [5, 5.41) is 1.17. The lowest BCUT2D eigenvalue weighted by molar-refractivity contribution is 0.0428. The number of hydrogen-bond acceptors (Lipinski definition) is 4. The van der Waals surface area contributed by atoms with Gasteiger partial charge in [0.1, 0.15) is 5.82 Å². The van der Waals surface area contributed by atoms with Crippen LogP contribution in [0.4, 0.5) is 5.82 Å². The van der Waals surface area contributed by atoms with Crippen molar-refractivity contribution < 1.29 is 4.74 Å². The van der Waals surface area contributed by atoms with E-state index in [1.54, 1.807) is 0 Å². The first-order chi connectivity index (χ1) is 17.7. The minimum Gasteiger partial charge on any atom is -0.486 e. The van der Waals surface area contributed by atoms with Gasteiger partial charge in [0.15, 0.2) is 5.60 Å². The number of rotatable bonds is 6. The maximum absolute atomic E-state index is 6.67. The van der Waals surface area contributed by atoms with Crippen molar-refractivity contribution in [3.8, 4) is 11.1 Å². The number of nitrogens with zero attached hydrogens (tertiary/aromatic N) is 3. The number of hydrogen-bond donors (Lipinski definition) is 0. The Morgan fingerprint density at radius 1 is 0.917 bits per heavy atom. The van der Waals surface area contributed by atoms with Gasteiger partial charge in [-0.2, -0.15) is 0 Å². The van der Waals surface area contributed by atoms with Crippen LogP contribution in [0.2, 0.25) is 0 Å². The van der Waals surface area contributed by atoms with E-state index in [1.165, 1.54) is 27.6 Å². The number of likely N-dealkylation sites (N-methyl/N-ethyl adjacent to an activating group) is 1. The molecule has 1 fully saturated rings. The third-order valence-corrected chi connectivity index (χ3v) is 7.53. The first kappa shape index (κ1) is 24.3. The van der Waals surface area contributed by atoms with Gasteiger partial charge in [0, 0.05) is 42.7 Å². The summed E-state index contributed by atoms with van der Waals surface area (Å²) in [6.07, 6.45) is 13.1. The third kappa shape index (κ3) is 4.58. The first-order valence-electron chi connectivity index (χ1n) is 13.3. The van der Waals surface area contributed by atoms with E-state index in [0.29, 0.717) is 0 Å². The molecule has 3 aromatic rings. The minimum absolute atomic E-state index is 0.519. The zero-order valence-electron chi connectivity index (χ0n) is 21.8. The van der Waals surface area contributed by atoms with Crippen molar-refractivity contribution in [1.29, 1.82) is 0 Å². The Balaban J connectivity index is 1.75. The van der Waals surface area contributed by atoms with Gasteiger partial charge in [-0.3, -0.25) is 0 Å². The molecule has 5 rings (SSSR count). The zero-order valence-corrected chi connectivity index (χ0v) is 21.8. The van der Waals surface area contributed by atoms with Crippen LogP contribution in [0.5, 0.6) is 0 Å². The van der Waals surface area contributed by atoms with Crippen LogP contribution in [0.3, 0.4) is 0 Å². The Labute approximate surface area is 215 Å². The summed E-state index contributed by atoms with van der Waals surface area (Å²) >= 11 is 0. The molecule has 1 unspecified atom stereocenters. The van der Waals surface area contributed by atoms with Gasteiger partial charge >= 0.3 is 0 Å². The maximum Gasteiger partial charge on any atom is 0.155 e. The molecule has 186 valence electrons. The lowest BCUT2D eigenvalue weighted by Gasteiger charge is -2.38. The highest BCUT2D eigenvalue weighted by atomic mass is 16.5. The number of aromatic nitrogens is 1. The van der Waals surface area contributed by atoms with Crippen LogP contribution < -0.4 is 4.90 Å². The highest BCUT2D eigenvalue weighted by Crippen LogP contribution is 2.45. The molecule has 0 bridgehead atoms. The van der Waals surface area contributed by atoms with Gasteiger partial charge in [-0.1, -0.05) is 81.0 Å². The van der Waals surface area contributed by atoms with Crippen molar-refractivity contribution in [2.45, 2.75) is 38.7 Å². The van der Waals surface area contributed by atoms with Crippen molar-refractivity contribution in [2.24, 2.45) is 0 Å². The molecule has 2 aliphatic rings. The van der Waals surface area contributed by atoms with E-state index in [-0.39, 0.29) is 0 Å². The smallest absolute Gasteiger partial charge is 0.155 e. The fraction of sp³-hybridized carbons (Fsp3) is 0.344. The van der Waals surface area contributed by atoms with E-state index < -0.39 is 5.60 Å². The molecule has 0 radical (unpaired) electrons. The van der Waals surface area contributed by atoms with Crippen LogP contribution in [0.25, 0.3) is 22.0 Å². The molecule has 3 heterocycles. The molecule has 0 amide bonds. The third-order valence-electron chi connectivity index (χ3n) is 7.53. The van der Waals surface area contributed by atoms with Gasteiger partial charge in [0.25, 0.3) is 0 Å². The molecule has 0 N–H and O–H groups in total. The molecule has 2 aliphatic heterocycles. The average Bonchev–Trinajstić information content (AvgIpc) is 2.90. The summed E-state index contributed by atoms with van der Waals surface area (Å²) in [4.78, 5) is 10.2. The van der Waals surface area contributed by atoms with Gasteiger partial charge in [-0.05, 0) is 49.2 Å². The molecule has 2 aromatic carbocycles. The summed E-state index contributed by atoms with van der Waals surface area (Å²) in [5.74, 6) is 1.08. The lowest BCUT2D eigenvalue weighted by Crippen LogP contribution is -2.45. The number of anilines is 1. The fourth-order valence-electron chi connectivity index (χ4n) is 5.62. The van der Waals surface area contributed by atoms with Crippen molar-refractivity contribution in [2.75, 3.05) is 38.1 Å². The quantitative estimate of drug-likeness (QED) is 0.377. The minimum atomic E-state index is -0.519. The maximum atomic E-state index is 6.67. The van der Waals surface area contributed by atoms with Crippen LogP contribution in [-0.4, -0.2) is 43.1 Å². The summed E-state index contributed by atoms with van der Waals surface area (Å²) in [6.45, 7) is 8.52. The lowest BCUT2D eigenvalue weighted by atomic mass is 9.78. The van der Waals surface area contributed by atoms with Gasteiger partial charge in [0.05, 0.1) is 11.8 Å². The van der Waals surface area contributed by atoms with Crippen LogP contribution in [0.1, 0.15) is 38.7 Å². The van der Waals surface area contributed by atoms with E-state index in [2.05, 4.69) is 97.4 Å². The van der Waals surface area contributed by atoms with E-state index in [9.17, 15) is 0 Å². The molecule has 4 heteroatoms. The van der Waals surface area contributed by atoms with Gasteiger partial charge in [-0.15, -0.1) is 0 Å². The normalized spacial score (nSPS) is 23.9. The summed E-state index contributed by atoms with van der Waals surface area (Å²) in [6, 6.07) is 19.6. The number of fused-ring (bicyclic) bond motifs is 1. The van der Waals surface area contributed by atoms with Crippen LogP contribution in [0.15, 0.2) is 90.7 Å².